The monoisotopic (exact) mass is 297 g/mol. The number of likely N-dealkylation sites (tertiary alicyclic amines) is 1. The first-order chi connectivity index (χ1) is 9.56. The number of carboxylic acid groups (broad SMARTS) is 1. The van der Waals surface area contributed by atoms with Crippen LogP contribution in [0.15, 0.2) is 24.3 Å². The van der Waals surface area contributed by atoms with E-state index in [-0.39, 0.29) is 18.6 Å². The Morgan fingerprint density at radius 3 is 2.65 bits per heavy atom. The molecule has 0 aliphatic carbocycles. The summed E-state index contributed by atoms with van der Waals surface area (Å²) in [5, 5.41) is 9.09. The molecule has 1 aliphatic heterocycles. The first-order valence-corrected chi connectivity index (χ1v) is 6.82. The Hall–Kier alpha value is -1.59. The fraction of sp³-hybridized carbons (Fsp3) is 0.429. The second-order valence-corrected chi connectivity index (χ2v) is 5.14. The van der Waals surface area contributed by atoms with Crippen LogP contribution in [-0.2, 0) is 9.53 Å². The predicted molar refractivity (Wildman–Crippen MR) is 74.0 cm³/mol. The summed E-state index contributed by atoms with van der Waals surface area (Å²) >= 11 is 5.88. The molecule has 0 aromatic heterocycles. The molecule has 0 unspecified atom stereocenters. The van der Waals surface area contributed by atoms with Crippen molar-refractivity contribution < 1.29 is 19.4 Å². The van der Waals surface area contributed by atoms with Crippen molar-refractivity contribution in [2.45, 2.75) is 18.9 Å². The molecule has 1 saturated heterocycles. The Kier molecular flexibility index (Phi) is 4.98. The van der Waals surface area contributed by atoms with Gasteiger partial charge in [0.2, 0.25) is 0 Å². The van der Waals surface area contributed by atoms with Crippen LogP contribution in [0.3, 0.4) is 0 Å². The molecule has 108 valence electrons. The Morgan fingerprint density at radius 2 is 2.05 bits per heavy atom. The lowest BCUT2D eigenvalue weighted by atomic mass is 10.1. The van der Waals surface area contributed by atoms with Crippen molar-refractivity contribution in [3.8, 4) is 0 Å². The van der Waals surface area contributed by atoms with Crippen LogP contribution in [0.25, 0.3) is 0 Å². The number of piperidine rings is 1. The summed E-state index contributed by atoms with van der Waals surface area (Å²) in [6, 6.07) is 6.86. The van der Waals surface area contributed by atoms with E-state index in [0.717, 1.165) is 0 Å². The number of aliphatic carboxylic acids is 1. The van der Waals surface area contributed by atoms with Crippen molar-refractivity contribution in [1.29, 1.82) is 0 Å². The molecule has 0 spiro atoms. The summed E-state index contributed by atoms with van der Waals surface area (Å²) in [6.07, 6.45) is 1.22. The Balaban J connectivity index is 1.87. The molecule has 0 bridgehead atoms. The lowest BCUT2D eigenvalue weighted by Crippen LogP contribution is -2.41. The number of hydrogen-bond acceptors (Lipinski definition) is 3. The third kappa shape index (κ3) is 3.95. The third-order valence-electron chi connectivity index (χ3n) is 3.24. The van der Waals surface area contributed by atoms with E-state index in [1.165, 1.54) is 0 Å². The molecule has 1 heterocycles. The van der Waals surface area contributed by atoms with Gasteiger partial charge in [0.25, 0.3) is 5.91 Å². The van der Waals surface area contributed by atoms with E-state index in [1.807, 2.05) is 0 Å². The molecule has 1 N–H and O–H groups in total. The van der Waals surface area contributed by atoms with Crippen LogP contribution in [0.4, 0.5) is 0 Å². The number of ether oxygens (including phenoxy) is 1. The van der Waals surface area contributed by atoms with Gasteiger partial charge in [-0.1, -0.05) is 17.7 Å². The molecular formula is C14H16ClNO4. The normalized spacial score (nSPS) is 16.1. The summed E-state index contributed by atoms with van der Waals surface area (Å²) in [7, 11) is 0. The van der Waals surface area contributed by atoms with Crippen molar-refractivity contribution in [3.05, 3.63) is 34.9 Å². The Labute approximate surface area is 122 Å². The minimum atomic E-state index is -0.970. The van der Waals surface area contributed by atoms with E-state index in [2.05, 4.69) is 0 Å². The number of carbonyl (C=O) groups excluding carboxylic acids is 1. The van der Waals surface area contributed by atoms with Crippen LogP contribution in [0.1, 0.15) is 23.2 Å². The molecule has 0 saturated carbocycles. The molecule has 1 aliphatic rings. The van der Waals surface area contributed by atoms with E-state index in [9.17, 15) is 9.59 Å². The van der Waals surface area contributed by atoms with E-state index in [1.54, 1.807) is 29.2 Å². The van der Waals surface area contributed by atoms with Crippen molar-refractivity contribution in [2.24, 2.45) is 0 Å². The maximum atomic E-state index is 12.3. The van der Waals surface area contributed by atoms with Crippen molar-refractivity contribution in [1.82, 2.24) is 4.90 Å². The average Bonchev–Trinajstić information content (AvgIpc) is 2.45. The van der Waals surface area contributed by atoms with Gasteiger partial charge in [-0.25, -0.2) is 4.79 Å². The van der Waals surface area contributed by atoms with Crippen LogP contribution in [0, 0.1) is 0 Å². The lowest BCUT2D eigenvalue weighted by Gasteiger charge is -2.31. The minimum Gasteiger partial charge on any atom is -0.480 e. The highest BCUT2D eigenvalue weighted by molar-refractivity contribution is 6.30. The zero-order valence-electron chi connectivity index (χ0n) is 10.9. The third-order valence-corrected chi connectivity index (χ3v) is 3.48. The minimum absolute atomic E-state index is 0.0517. The predicted octanol–water partition coefficient (Wildman–Crippen LogP) is 2.05. The quantitative estimate of drug-likeness (QED) is 0.923. The summed E-state index contributed by atoms with van der Waals surface area (Å²) in [5.41, 5.74) is 0.572. The number of halogens is 1. The molecular weight excluding hydrogens is 282 g/mol. The van der Waals surface area contributed by atoms with Gasteiger partial charge in [-0.05, 0) is 31.0 Å². The van der Waals surface area contributed by atoms with Crippen molar-refractivity contribution in [2.75, 3.05) is 19.7 Å². The standard InChI is InChI=1S/C14H16ClNO4/c15-11-3-1-2-10(8-11)14(19)16-6-4-12(5-7-16)20-9-13(17)18/h1-3,8,12H,4-7,9H2,(H,17,18). The van der Waals surface area contributed by atoms with Crippen molar-refractivity contribution in [3.63, 3.8) is 0 Å². The van der Waals surface area contributed by atoms with Gasteiger partial charge in [-0.2, -0.15) is 0 Å². The SMILES string of the molecule is O=C(O)COC1CCN(C(=O)c2cccc(Cl)c2)CC1. The van der Waals surface area contributed by atoms with Gasteiger partial charge in [-0.3, -0.25) is 4.79 Å². The second-order valence-electron chi connectivity index (χ2n) is 4.71. The van der Waals surface area contributed by atoms with Gasteiger partial charge in [-0.15, -0.1) is 0 Å². The summed E-state index contributed by atoms with van der Waals surface area (Å²) in [4.78, 5) is 24.4. The van der Waals surface area contributed by atoms with Crippen molar-refractivity contribution >= 4 is 23.5 Å². The number of benzene rings is 1. The maximum absolute atomic E-state index is 12.3. The van der Waals surface area contributed by atoms with E-state index in [0.29, 0.717) is 36.5 Å². The van der Waals surface area contributed by atoms with Crippen LogP contribution in [0.2, 0.25) is 5.02 Å². The molecule has 0 radical (unpaired) electrons. The Bertz CT molecular complexity index is 498. The highest BCUT2D eigenvalue weighted by Gasteiger charge is 2.24. The zero-order valence-corrected chi connectivity index (χ0v) is 11.7. The van der Waals surface area contributed by atoms with Gasteiger partial charge in [0.05, 0.1) is 6.10 Å². The van der Waals surface area contributed by atoms with Gasteiger partial charge in [0.15, 0.2) is 0 Å². The number of carboxylic acids is 1. The molecule has 1 amide bonds. The number of rotatable bonds is 4. The summed E-state index contributed by atoms with van der Waals surface area (Å²) in [5.74, 6) is -1.02. The number of hydrogen-bond donors (Lipinski definition) is 1. The number of amides is 1. The zero-order chi connectivity index (χ0) is 14.5. The lowest BCUT2D eigenvalue weighted by molar-refractivity contribution is -0.145. The van der Waals surface area contributed by atoms with Crippen LogP contribution >= 0.6 is 11.6 Å². The first kappa shape index (κ1) is 14.8. The fourth-order valence-electron chi connectivity index (χ4n) is 2.22. The van der Waals surface area contributed by atoms with Crippen LogP contribution in [-0.4, -0.2) is 47.7 Å². The molecule has 20 heavy (non-hydrogen) atoms. The van der Waals surface area contributed by atoms with Gasteiger partial charge in [0, 0.05) is 23.7 Å². The van der Waals surface area contributed by atoms with Crippen LogP contribution < -0.4 is 0 Å². The largest absolute Gasteiger partial charge is 0.480 e. The summed E-state index contributed by atoms with van der Waals surface area (Å²) in [6.45, 7) is 0.845. The topological polar surface area (TPSA) is 66.8 Å². The smallest absolute Gasteiger partial charge is 0.329 e. The first-order valence-electron chi connectivity index (χ1n) is 6.44. The highest BCUT2D eigenvalue weighted by Crippen LogP contribution is 2.18. The summed E-state index contributed by atoms with van der Waals surface area (Å²) < 4.78 is 5.24. The molecule has 2 rings (SSSR count). The van der Waals surface area contributed by atoms with E-state index in [4.69, 9.17) is 21.4 Å². The molecule has 1 aromatic carbocycles. The maximum Gasteiger partial charge on any atom is 0.329 e. The molecule has 1 aromatic rings. The van der Waals surface area contributed by atoms with E-state index >= 15 is 0 Å². The van der Waals surface area contributed by atoms with Crippen LogP contribution in [0.5, 0.6) is 0 Å². The number of nitrogens with zero attached hydrogens (tertiary/aromatic N) is 1. The van der Waals surface area contributed by atoms with Gasteiger partial charge >= 0.3 is 5.97 Å². The second kappa shape index (κ2) is 6.72. The molecule has 5 nitrogen and oxygen atoms in total. The van der Waals surface area contributed by atoms with Gasteiger partial charge < -0.3 is 14.7 Å². The number of carbonyl (C=O) groups is 2. The average molecular weight is 298 g/mol. The molecule has 1 fully saturated rings. The van der Waals surface area contributed by atoms with E-state index < -0.39 is 5.97 Å². The van der Waals surface area contributed by atoms with Gasteiger partial charge in [0.1, 0.15) is 6.61 Å². The highest BCUT2D eigenvalue weighted by atomic mass is 35.5. The fourth-order valence-corrected chi connectivity index (χ4v) is 2.41. The molecule has 6 heteroatoms. The molecule has 0 atom stereocenters. The Morgan fingerprint density at radius 1 is 1.35 bits per heavy atom.